The van der Waals surface area contributed by atoms with Crippen LogP contribution in [0, 0.1) is 5.92 Å². The van der Waals surface area contributed by atoms with E-state index in [-0.39, 0.29) is 12.4 Å². The maximum atomic E-state index is 12.0. The molecule has 1 fully saturated rings. The number of carbonyl (C=O) groups excluding carboxylic acids is 1. The second-order valence-corrected chi connectivity index (χ2v) is 7.38. The molecule has 0 spiro atoms. The minimum atomic E-state index is -0.429. The highest BCUT2D eigenvalue weighted by Gasteiger charge is 2.26. The predicted molar refractivity (Wildman–Crippen MR) is 93.0 cm³/mol. The second-order valence-electron chi connectivity index (χ2n) is 7.38. The number of methoxy groups -OCH3 is 2. The molecule has 1 amide bonds. The first-order valence-corrected chi connectivity index (χ1v) is 8.97. The maximum Gasteiger partial charge on any atom is 0.410 e. The molecule has 6 heteroatoms. The fraction of sp³-hybridized carbons (Fsp3) is 0.944. The standard InChI is InChI=1S/C18H35NO5/c1-18(2,3)24-17(20)19-11-9-15(10-12-19)14-23-13-7-6-8-16(21-4)22-5/h15-16H,6-14H2,1-5H3. The Morgan fingerprint density at radius 3 is 2.29 bits per heavy atom. The van der Waals surface area contributed by atoms with Crippen LogP contribution >= 0.6 is 0 Å². The van der Waals surface area contributed by atoms with Crippen molar-refractivity contribution in [2.45, 2.75) is 64.8 Å². The first-order valence-electron chi connectivity index (χ1n) is 8.97. The smallest absolute Gasteiger partial charge is 0.410 e. The van der Waals surface area contributed by atoms with Crippen LogP contribution in [-0.2, 0) is 18.9 Å². The average Bonchev–Trinajstić information content (AvgIpc) is 2.53. The number of hydrogen-bond donors (Lipinski definition) is 0. The van der Waals surface area contributed by atoms with Gasteiger partial charge in [-0.1, -0.05) is 0 Å². The predicted octanol–water partition coefficient (Wildman–Crippen LogP) is 3.44. The molecule has 0 saturated carbocycles. The van der Waals surface area contributed by atoms with E-state index in [4.69, 9.17) is 18.9 Å². The fourth-order valence-electron chi connectivity index (χ4n) is 2.71. The molecule has 24 heavy (non-hydrogen) atoms. The van der Waals surface area contributed by atoms with Crippen LogP contribution in [0.5, 0.6) is 0 Å². The fourth-order valence-corrected chi connectivity index (χ4v) is 2.71. The van der Waals surface area contributed by atoms with E-state index in [1.807, 2.05) is 20.8 Å². The number of carbonyl (C=O) groups is 1. The average molecular weight is 345 g/mol. The molecule has 0 aromatic carbocycles. The van der Waals surface area contributed by atoms with E-state index in [1.54, 1.807) is 19.1 Å². The number of likely N-dealkylation sites (tertiary alicyclic amines) is 1. The van der Waals surface area contributed by atoms with Gasteiger partial charge in [0.25, 0.3) is 0 Å². The summed E-state index contributed by atoms with van der Waals surface area (Å²) in [4.78, 5) is 13.8. The molecule has 1 heterocycles. The topological polar surface area (TPSA) is 57.2 Å². The molecule has 1 aliphatic heterocycles. The lowest BCUT2D eigenvalue weighted by molar-refractivity contribution is -0.107. The van der Waals surface area contributed by atoms with Gasteiger partial charge in [0.15, 0.2) is 6.29 Å². The van der Waals surface area contributed by atoms with Crippen LogP contribution in [0.25, 0.3) is 0 Å². The number of unbranched alkanes of at least 4 members (excludes halogenated alkanes) is 1. The van der Waals surface area contributed by atoms with Crippen LogP contribution in [0.4, 0.5) is 4.79 Å². The third-order valence-electron chi connectivity index (χ3n) is 4.12. The van der Waals surface area contributed by atoms with E-state index >= 15 is 0 Å². The Labute approximate surface area is 146 Å². The number of nitrogens with zero attached hydrogens (tertiary/aromatic N) is 1. The summed E-state index contributed by atoms with van der Waals surface area (Å²) in [7, 11) is 3.32. The van der Waals surface area contributed by atoms with Crippen molar-refractivity contribution in [1.29, 1.82) is 0 Å². The van der Waals surface area contributed by atoms with Gasteiger partial charge in [-0.25, -0.2) is 4.79 Å². The molecule has 142 valence electrons. The van der Waals surface area contributed by atoms with Crippen LogP contribution in [-0.4, -0.2) is 63.4 Å². The Kier molecular flexibility index (Phi) is 9.63. The van der Waals surface area contributed by atoms with Gasteiger partial charge in [-0.05, 0) is 58.8 Å². The summed E-state index contributed by atoms with van der Waals surface area (Å²) < 4.78 is 21.5. The van der Waals surface area contributed by atoms with E-state index in [0.29, 0.717) is 5.92 Å². The van der Waals surface area contributed by atoms with Crippen molar-refractivity contribution >= 4 is 6.09 Å². The molecule has 0 atom stereocenters. The number of piperidine rings is 1. The minimum Gasteiger partial charge on any atom is -0.444 e. The molecular formula is C18H35NO5. The number of amides is 1. The van der Waals surface area contributed by atoms with Crippen LogP contribution in [0.2, 0.25) is 0 Å². The summed E-state index contributed by atoms with van der Waals surface area (Å²) in [6, 6.07) is 0. The monoisotopic (exact) mass is 345 g/mol. The van der Waals surface area contributed by atoms with Crippen LogP contribution in [0.15, 0.2) is 0 Å². The van der Waals surface area contributed by atoms with Gasteiger partial charge in [0.05, 0.1) is 0 Å². The lowest BCUT2D eigenvalue weighted by atomic mass is 9.98. The number of ether oxygens (including phenoxy) is 4. The molecule has 1 rings (SSSR count). The molecule has 0 aliphatic carbocycles. The zero-order valence-electron chi connectivity index (χ0n) is 16.0. The highest BCUT2D eigenvalue weighted by atomic mass is 16.7. The summed E-state index contributed by atoms with van der Waals surface area (Å²) in [5, 5.41) is 0. The van der Waals surface area contributed by atoms with Crippen molar-refractivity contribution < 1.29 is 23.7 Å². The first-order chi connectivity index (χ1) is 11.4. The highest BCUT2D eigenvalue weighted by molar-refractivity contribution is 5.68. The quantitative estimate of drug-likeness (QED) is 0.473. The molecule has 0 radical (unpaired) electrons. The SMILES string of the molecule is COC(CCCCOCC1CCN(C(=O)OC(C)(C)C)CC1)OC. The third kappa shape index (κ3) is 8.85. The Morgan fingerprint density at radius 2 is 1.75 bits per heavy atom. The van der Waals surface area contributed by atoms with Crippen molar-refractivity contribution in [3.63, 3.8) is 0 Å². The van der Waals surface area contributed by atoms with E-state index in [0.717, 1.165) is 58.4 Å². The van der Waals surface area contributed by atoms with Gasteiger partial charge in [0.1, 0.15) is 5.60 Å². The summed E-state index contributed by atoms with van der Waals surface area (Å²) in [5.74, 6) is 0.536. The van der Waals surface area contributed by atoms with E-state index in [1.165, 1.54) is 0 Å². The highest BCUT2D eigenvalue weighted by Crippen LogP contribution is 2.20. The van der Waals surface area contributed by atoms with Crippen LogP contribution < -0.4 is 0 Å². The Bertz CT molecular complexity index is 344. The first kappa shape index (κ1) is 21.2. The molecule has 0 aromatic rings. The summed E-state index contributed by atoms with van der Waals surface area (Å²) in [6.45, 7) is 8.75. The van der Waals surface area contributed by atoms with E-state index < -0.39 is 5.60 Å². The zero-order valence-corrected chi connectivity index (χ0v) is 16.0. The number of hydrogen-bond acceptors (Lipinski definition) is 5. The van der Waals surface area contributed by atoms with Crippen molar-refractivity contribution in [2.24, 2.45) is 5.92 Å². The lowest BCUT2D eigenvalue weighted by Gasteiger charge is -2.33. The summed E-state index contributed by atoms with van der Waals surface area (Å²) in [5.41, 5.74) is -0.429. The molecule has 0 unspecified atom stereocenters. The molecule has 0 bridgehead atoms. The minimum absolute atomic E-state index is 0.109. The Hall–Kier alpha value is -0.850. The molecule has 1 aliphatic rings. The van der Waals surface area contributed by atoms with Crippen LogP contribution in [0.3, 0.4) is 0 Å². The van der Waals surface area contributed by atoms with Crippen molar-refractivity contribution in [3.05, 3.63) is 0 Å². The van der Waals surface area contributed by atoms with Crippen LogP contribution in [0.1, 0.15) is 52.9 Å². The van der Waals surface area contributed by atoms with Crippen molar-refractivity contribution in [2.75, 3.05) is 40.5 Å². The molecule has 0 N–H and O–H groups in total. The van der Waals surface area contributed by atoms with Gasteiger partial charge in [-0.15, -0.1) is 0 Å². The third-order valence-corrected chi connectivity index (χ3v) is 4.12. The lowest BCUT2D eigenvalue weighted by Crippen LogP contribution is -2.42. The number of rotatable bonds is 9. The van der Waals surface area contributed by atoms with Gasteiger partial charge in [-0.3, -0.25) is 0 Å². The van der Waals surface area contributed by atoms with E-state index in [9.17, 15) is 4.79 Å². The van der Waals surface area contributed by atoms with Gasteiger partial charge < -0.3 is 23.8 Å². The summed E-state index contributed by atoms with van der Waals surface area (Å²) >= 11 is 0. The zero-order chi connectivity index (χ0) is 18.0. The molecular weight excluding hydrogens is 310 g/mol. The Balaban J connectivity index is 2.07. The molecule has 6 nitrogen and oxygen atoms in total. The van der Waals surface area contributed by atoms with Crippen molar-refractivity contribution in [3.8, 4) is 0 Å². The summed E-state index contributed by atoms with van der Waals surface area (Å²) in [6.07, 6.45) is 4.59. The molecule has 1 saturated heterocycles. The van der Waals surface area contributed by atoms with Gasteiger partial charge in [-0.2, -0.15) is 0 Å². The van der Waals surface area contributed by atoms with Gasteiger partial charge >= 0.3 is 6.09 Å². The van der Waals surface area contributed by atoms with E-state index in [2.05, 4.69) is 0 Å². The van der Waals surface area contributed by atoms with Gasteiger partial charge in [0, 0.05) is 40.5 Å². The normalized spacial score (nSPS) is 16.7. The van der Waals surface area contributed by atoms with Crippen molar-refractivity contribution in [1.82, 2.24) is 4.90 Å². The largest absolute Gasteiger partial charge is 0.444 e. The second kappa shape index (κ2) is 10.9. The Morgan fingerprint density at radius 1 is 1.12 bits per heavy atom. The maximum absolute atomic E-state index is 12.0. The van der Waals surface area contributed by atoms with Gasteiger partial charge in [0.2, 0.25) is 0 Å². The molecule has 0 aromatic heterocycles.